The fourth-order valence-corrected chi connectivity index (χ4v) is 5.33. The van der Waals surface area contributed by atoms with Crippen LogP contribution >= 0.6 is 23.9 Å². The van der Waals surface area contributed by atoms with Gasteiger partial charge in [0.25, 0.3) is 0 Å². The molecule has 0 nitrogen and oxygen atoms in total. The molecule has 0 heterocycles. The molecule has 6 heteroatoms. The molecule has 1 aromatic rings. The van der Waals surface area contributed by atoms with E-state index in [4.69, 9.17) is 11.6 Å². The Bertz CT molecular complexity index is 327. The van der Waals surface area contributed by atoms with Crippen molar-refractivity contribution in [2.45, 2.75) is 10.4 Å². The molecule has 0 amide bonds. The van der Waals surface area contributed by atoms with E-state index in [2.05, 4.69) is 12.3 Å². The average Bonchev–Trinajstić information content (AvgIpc) is 2.07. The molecule has 0 aromatic heterocycles. The van der Waals surface area contributed by atoms with Crippen LogP contribution in [-0.4, -0.2) is 20.6 Å². The van der Waals surface area contributed by atoms with Gasteiger partial charge in [-0.2, -0.15) is 0 Å². The monoisotopic (exact) mass is 387 g/mol. The van der Waals surface area contributed by atoms with Gasteiger partial charge in [-0.25, -0.2) is 0 Å². The molecule has 14 heavy (non-hydrogen) atoms. The van der Waals surface area contributed by atoms with Crippen LogP contribution in [0.1, 0.15) is 11.1 Å². The molecule has 0 saturated carbocycles. The van der Waals surface area contributed by atoms with Crippen LogP contribution in [0.15, 0.2) is 18.2 Å². The van der Waals surface area contributed by atoms with E-state index < -0.39 is 32.3 Å². The Morgan fingerprint density at radius 1 is 1.36 bits per heavy atom. The summed E-state index contributed by atoms with van der Waals surface area (Å²) in [6.07, 6.45) is -4.28. The molecule has 0 fully saturated rings. The van der Waals surface area contributed by atoms with E-state index in [0.29, 0.717) is 14.8 Å². The molecule has 0 aliphatic heterocycles. The summed E-state index contributed by atoms with van der Waals surface area (Å²) in [5.41, 5.74) is -0.0275. The predicted octanol–water partition coefficient (Wildman–Crippen LogP) is 3.87. The van der Waals surface area contributed by atoms with Crippen LogP contribution in [-0.2, 0) is 10.4 Å². The van der Waals surface area contributed by atoms with Gasteiger partial charge in [0, 0.05) is 0 Å². The number of halogens is 5. The molecule has 0 N–H and O–H groups in total. The first-order valence-electron chi connectivity index (χ1n) is 3.72. The van der Waals surface area contributed by atoms with Gasteiger partial charge in [-0.3, -0.25) is 0 Å². The minimum absolute atomic E-state index is 0.420. The fourth-order valence-electron chi connectivity index (χ4n) is 0.991. The minimum atomic E-state index is -4.28. The van der Waals surface area contributed by atoms with Crippen molar-refractivity contribution in [2.75, 3.05) is 0 Å². The van der Waals surface area contributed by atoms with Crippen molar-refractivity contribution in [3.63, 3.8) is 0 Å². The van der Waals surface area contributed by atoms with Gasteiger partial charge >= 0.3 is 102 Å². The van der Waals surface area contributed by atoms with Gasteiger partial charge in [0.2, 0.25) is 0 Å². The summed E-state index contributed by atoms with van der Waals surface area (Å²) in [5.74, 6) is 0. The summed E-state index contributed by atoms with van der Waals surface area (Å²) < 4.78 is 37.6. The Hall–Kier alpha value is 0.650. The molecule has 0 aliphatic rings. The number of hydrogen-bond donors (Lipinski definition) is 0. The van der Waals surface area contributed by atoms with Crippen LogP contribution in [0.3, 0.4) is 0 Å². The average molecular weight is 388 g/mol. The molecule has 1 aromatic carbocycles. The topological polar surface area (TPSA) is 0 Å². The Kier molecular flexibility index (Phi) is 4.65. The summed E-state index contributed by atoms with van der Waals surface area (Å²) in [4.78, 5) is 0. The van der Waals surface area contributed by atoms with Gasteiger partial charge in [0.1, 0.15) is 0 Å². The van der Waals surface area contributed by atoms with Gasteiger partial charge in [-0.1, -0.05) is 0 Å². The molecule has 1 radical (unpaired) electrons. The fraction of sp³-hybridized carbons (Fsp3) is 0.250. The molecule has 1 rings (SSSR count). The van der Waals surface area contributed by atoms with Crippen LogP contribution in [0.4, 0.5) is 13.2 Å². The second-order valence-corrected chi connectivity index (χ2v) is 9.46. The number of hydrogen-bond acceptors (Lipinski definition) is 0. The second-order valence-electron chi connectivity index (χ2n) is 2.66. The molecule has 0 bridgehead atoms. The third-order valence-corrected chi connectivity index (χ3v) is 5.91. The van der Waals surface area contributed by atoms with E-state index in [0.717, 1.165) is 12.1 Å². The van der Waals surface area contributed by atoms with E-state index in [9.17, 15) is 13.2 Å². The van der Waals surface area contributed by atoms with Crippen LogP contribution in [0.2, 0.25) is 5.02 Å². The number of rotatable bonds is 2. The Morgan fingerprint density at radius 3 is 2.50 bits per heavy atom. The zero-order valence-electron chi connectivity index (χ0n) is 6.91. The summed E-state index contributed by atoms with van der Waals surface area (Å²) >= 11 is 8.20. The summed E-state index contributed by atoms with van der Waals surface area (Å²) in [5, 5.41) is 0.420. The maximum absolute atomic E-state index is 12.3. The zero-order chi connectivity index (χ0) is 10.8. The predicted molar refractivity (Wildman–Crippen MR) is 54.8 cm³/mol. The first kappa shape index (κ1) is 12.7. The quantitative estimate of drug-likeness (QED) is 0.722. The van der Waals surface area contributed by atoms with Crippen molar-refractivity contribution < 1.29 is 13.2 Å². The first-order valence-corrected chi connectivity index (χ1v) is 13.8. The third-order valence-electron chi connectivity index (χ3n) is 1.67. The van der Waals surface area contributed by atoms with Crippen LogP contribution in [0.25, 0.3) is 0 Å². The van der Waals surface area contributed by atoms with E-state index in [-0.39, 0.29) is 0 Å². The van der Waals surface area contributed by atoms with Gasteiger partial charge in [0.05, 0.1) is 0 Å². The molecule has 0 spiro atoms. The first-order chi connectivity index (χ1) is 6.45. The summed E-state index contributed by atoms with van der Waals surface area (Å²) in [6.45, 7) is 0. The van der Waals surface area contributed by atoms with Crippen molar-refractivity contribution in [3.05, 3.63) is 34.3 Å². The Labute approximate surface area is 102 Å². The Balaban J connectivity index is 3.06. The molecule has 0 aliphatic carbocycles. The molecule has 0 atom stereocenters. The van der Waals surface area contributed by atoms with E-state index >= 15 is 0 Å². The summed E-state index contributed by atoms with van der Waals surface area (Å²) in [6, 6.07) is 3.45. The van der Waals surface area contributed by atoms with Crippen molar-refractivity contribution in [1.82, 2.24) is 0 Å². The van der Waals surface area contributed by atoms with Crippen LogP contribution in [0, 0.1) is 0 Å². The Morgan fingerprint density at radius 2 is 2.00 bits per heavy atom. The van der Waals surface area contributed by atoms with Crippen molar-refractivity contribution in [3.8, 4) is 0 Å². The van der Waals surface area contributed by atoms with Crippen LogP contribution in [0.5, 0.6) is 0 Å². The van der Waals surface area contributed by atoms with Crippen molar-refractivity contribution in [1.29, 1.82) is 0 Å². The number of benzene rings is 1. The van der Waals surface area contributed by atoms with Gasteiger partial charge in [-0.05, 0) is 0 Å². The van der Waals surface area contributed by atoms with E-state index in [1.807, 2.05) is 0 Å². The van der Waals surface area contributed by atoms with Gasteiger partial charge in [-0.15, -0.1) is 0 Å². The molecule has 75 valence electrons. The second kappa shape index (κ2) is 5.12. The molecular weight excluding hydrogens is 383 g/mol. The van der Waals surface area contributed by atoms with Gasteiger partial charge in [0.15, 0.2) is 0 Å². The van der Waals surface area contributed by atoms with E-state index in [1.54, 1.807) is 0 Å². The third kappa shape index (κ3) is 3.35. The van der Waals surface area contributed by atoms with E-state index in [1.165, 1.54) is 6.07 Å². The molecule has 0 unspecified atom stereocenters. The van der Waals surface area contributed by atoms with Crippen molar-refractivity contribution in [2.24, 2.45) is 0 Å². The summed E-state index contributed by atoms with van der Waals surface area (Å²) in [7, 11) is 0. The zero-order valence-corrected chi connectivity index (χ0v) is 12.5. The normalized spacial score (nSPS) is 11.5. The number of alkyl halides is 3. The maximum atomic E-state index is 12.3. The molecular formula is C8H5BrClF3In. The van der Waals surface area contributed by atoms with Crippen molar-refractivity contribution >= 4 is 44.5 Å². The standard InChI is InChI=1S/C8H5ClF3.BrH.In/c1-5-4-6(8(10,11)12)2-3-7(5)9;;/h2-4H,1H2;1H;/q;;+1/p-1. The SMILES string of the molecule is FC(F)(F)c1ccc(Cl)c([CH2][In][Br])c1. The van der Waals surface area contributed by atoms with Gasteiger partial charge < -0.3 is 0 Å². The molecule has 0 saturated heterocycles. The van der Waals surface area contributed by atoms with Crippen LogP contribution < -0.4 is 0 Å².